The molecule has 262 valence electrons. The van der Waals surface area contributed by atoms with Crippen molar-refractivity contribution in [3.05, 3.63) is 199 Å². The van der Waals surface area contributed by atoms with Crippen LogP contribution in [0.2, 0.25) is 0 Å². The summed E-state index contributed by atoms with van der Waals surface area (Å²) in [6.07, 6.45) is 0. The maximum Gasteiger partial charge on any atom is 0.0546 e. The van der Waals surface area contributed by atoms with Crippen molar-refractivity contribution in [1.29, 1.82) is 0 Å². The van der Waals surface area contributed by atoms with Crippen molar-refractivity contribution in [1.82, 2.24) is 0 Å². The van der Waals surface area contributed by atoms with E-state index < -0.39 is 0 Å². The molecule has 0 aromatic heterocycles. The Morgan fingerprint density at radius 3 is 1.57 bits per heavy atom. The Kier molecular flexibility index (Phi) is 6.46. The number of rotatable bonds is 4. The molecule has 1 aliphatic rings. The summed E-state index contributed by atoms with van der Waals surface area (Å²) in [6, 6.07) is 70.4. The summed E-state index contributed by atoms with van der Waals surface area (Å²) in [6.45, 7) is 4.74. The minimum absolute atomic E-state index is 0.123. The van der Waals surface area contributed by atoms with Crippen molar-refractivity contribution in [3.63, 3.8) is 0 Å². The molecular formula is C55H37N. The molecule has 0 saturated carbocycles. The van der Waals surface area contributed by atoms with Crippen molar-refractivity contribution in [2.45, 2.75) is 19.3 Å². The van der Waals surface area contributed by atoms with Gasteiger partial charge in [0.15, 0.2) is 0 Å². The fraction of sp³-hybridized carbons (Fsp3) is 0.0545. The maximum atomic E-state index is 2.55. The Balaban J connectivity index is 1.25. The average Bonchev–Trinajstić information content (AvgIpc) is 3.49. The zero-order valence-corrected chi connectivity index (χ0v) is 31.3. The summed E-state index contributed by atoms with van der Waals surface area (Å²) in [5.41, 5.74) is 11.2. The van der Waals surface area contributed by atoms with Gasteiger partial charge in [0.2, 0.25) is 0 Å². The van der Waals surface area contributed by atoms with Gasteiger partial charge < -0.3 is 4.90 Å². The Morgan fingerprint density at radius 1 is 0.357 bits per heavy atom. The number of fused-ring (bicyclic) bond motifs is 5. The molecule has 0 saturated heterocycles. The largest absolute Gasteiger partial charge is 0.309 e. The Labute approximate surface area is 326 Å². The van der Waals surface area contributed by atoms with E-state index in [-0.39, 0.29) is 5.41 Å². The van der Waals surface area contributed by atoms with E-state index in [4.69, 9.17) is 0 Å². The molecular weight excluding hydrogens is 675 g/mol. The minimum Gasteiger partial charge on any atom is -0.309 e. The molecule has 0 heterocycles. The van der Waals surface area contributed by atoms with Crippen LogP contribution in [0.1, 0.15) is 25.0 Å². The van der Waals surface area contributed by atoms with Crippen LogP contribution in [-0.2, 0) is 5.41 Å². The van der Waals surface area contributed by atoms with Crippen LogP contribution in [-0.4, -0.2) is 0 Å². The lowest BCUT2D eigenvalue weighted by Crippen LogP contribution is -2.16. The topological polar surface area (TPSA) is 3.24 Å². The molecule has 0 N–H and O–H groups in total. The molecule has 0 bridgehead atoms. The monoisotopic (exact) mass is 711 g/mol. The van der Waals surface area contributed by atoms with Gasteiger partial charge in [0.25, 0.3) is 0 Å². The van der Waals surface area contributed by atoms with Gasteiger partial charge in [-0.25, -0.2) is 0 Å². The standard InChI is InChI=1S/C55H37N/c1-55(2)46-24-7-6-18-44(46)54-47(55)25-12-26-48(54)56(39-31-29-35(30-32-39)34-13-4-3-5-14-34)49-33-38-17-10-21-41-40-19-8-15-36-27-28-37-16-9-20-42(51(37)50(36)40)43-22-11-23-45(49)53(43)52(38)41/h3-33H,1-2H3. The Bertz CT molecular complexity index is 3370. The second kappa shape index (κ2) is 11.5. The third kappa shape index (κ3) is 4.26. The second-order valence-electron chi connectivity index (χ2n) is 16.0. The first-order valence-corrected chi connectivity index (χ1v) is 19.7. The lowest BCUT2D eigenvalue weighted by Gasteiger charge is -2.31. The van der Waals surface area contributed by atoms with Crippen molar-refractivity contribution in [3.8, 4) is 22.3 Å². The first-order valence-electron chi connectivity index (χ1n) is 19.7. The zero-order chi connectivity index (χ0) is 37.1. The van der Waals surface area contributed by atoms with Crippen molar-refractivity contribution >= 4 is 81.7 Å². The highest BCUT2D eigenvalue weighted by molar-refractivity contribution is 6.38. The van der Waals surface area contributed by atoms with E-state index in [2.05, 4.69) is 207 Å². The van der Waals surface area contributed by atoms with Gasteiger partial charge >= 0.3 is 0 Å². The first kappa shape index (κ1) is 31.4. The van der Waals surface area contributed by atoms with Gasteiger partial charge in [-0.05, 0) is 106 Å². The highest BCUT2D eigenvalue weighted by Gasteiger charge is 2.38. The summed E-state index contributed by atoms with van der Waals surface area (Å²) in [5.74, 6) is 0. The molecule has 0 spiro atoms. The Morgan fingerprint density at radius 2 is 0.875 bits per heavy atom. The third-order valence-electron chi connectivity index (χ3n) is 12.7. The molecule has 1 aliphatic carbocycles. The number of benzene rings is 10. The fourth-order valence-electron chi connectivity index (χ4n) is 10.2. The highest BCUT2D eigenvalue weighted by atomic mass is 15.1. The van der Waals surface area contributed by atoms with Crippen molar-refractivity contribution in [2.24, 2.45) is 0 Å². The zero-order valence-electron chi connectivity index (χ0n) is 31.3. The van der Waals surface area contributed by atoms with Crippen molar-refractivity contribution in [2.75, 3.05) is 4.90 Å². The third-order valence-corrected chi connectivity index (χ3v) is 12.7. The van der Waals surface area contributed by atoms with Gasteiger partial charge in [0.1, 0.15) is 0 Å². The van der Waals surface area contributed by atoms with Crippen LogP contribution in [0.5, 0.6) is 0 Å². The predicted molar refractivity (Wildman–Crippen MR) is 240 cm³/mol. The molecule has 0 amide bonds. The summed E-state index contributed by atoms with van der Waals surface area (Å²) in [4.78, 5) is 2.55. The minimum atomic E-state index is -0.123. The molecule has 0 radical (unpaired) electrons. The van der Waals surface area contributed by atoms with E-state index in [0.717, 1.165) is 5.69 Å². The molecule has 0 fully saturated rings. The van der Waals surface area contributed by atoms with Crippen LogP contribution in [0.25, 0.3) is 86.9 Å². The number of nitrogens with zero attached hydrogens (tertiary/aromatic N) is 1. The van der Waals surface area contributed by atoms with Crippen LogP contribution in [0, 0.1) is 0 Å². The molecule has 0 aliphatic heterocycles. The van der Waals surface area contributed by atoms with Gasteiger partial charge in [-0.1, -0.05) is 178 Å². The van der Waals surface area contributed by atoms with Crippen LogP contribution in [0.4, 0.5) is 17.1 Å². The molecule has 0 unspecified atom stereocenters. The highest BCUT2D eigenvalue weighted by Crippen LogP contribution is 2.55. The van der Waals surface area contributed by atoms with E-state index in [1.807, 2.05) is 0 Å². The number of hydrogen-bond acceptors (Lipinski definition) is 1. The van der Waals surface area contributed by atoms with Crippen LogP contribution in [0.15, 0.2) is 188 Å². The quantitative estimate of drug-likeness (QED) is 0.164. The van der Waals surface area contributed by atoms with Crippen LogP contribution in [0.3, 0.4) is 0 Å². The van der Waals surface area contributed by atoms with Crippen LogP contribution >= 0.6 is 0 Å². The SMILES string of the molecule is CC1(C)c2ccccc2-c2c(N(c3ccc(-c4ccccc4)cc3)c3cc4cccc5c6cccc7ccc8cccc(c9cccc3c9c45)c8c76)cccc21. The molecule has 1 nitrogen and oxygen atoms in total. The average molecular weight is 712 g/mol. The number of anilines is 3. The maximum absolute atomic E-state index is 2.55. The lowest BCUT2D eigenvalue weighted by molar-refractivity contribution is 0.660. The predicted octanol–water partition coefficient (Wildman–Crippen LogP) is 15.5. The van der Waals surface area contributed by atoms with Crippen LogP contribution < -0.4 is 4.90 Å². The molecule has 56 heavy (non-hydrogen) atoms. The fourth-order valence-corrected chi connectivity index (χ4v) is 10.2. The second-order valence-corrected chi connectivity index (χ2v) is 16.0. The molecule has 0 atom stereocenters. The van der Waals surface area contributed by atoms with Gasteiger partial charge in [-0.3, -0.25) is 0 Å². The van der Waals surface area contributed by atoms with E-state index in [1.165, 1.54) is 109 Å². The summed E-state index contributed by atoms with van der Waals surface area (Å²) in [7, 11) is 0. The van der Waals surface area contributed by atoms with E-state index in [1.54, 1.807) is 0 Å². The van der Waals surface area contributed by atoms with Gasteiger partial charge in [-0.2, -0.15) is 0 Å². The lowest BCUT2D eigenvalue weighted by atomic mass is 9.82. The van der Waals surface area contributed by atoms with E-state index in [9.17, 15) is 0 Å². The van der Waals surface area contributed by atoms with Gasteiger partial charge in [0.05, 0.1) is 11.4 Å². The molecule has 11 aromatic carbocycles. The number of hydrogen-bond donors (Lipinski definition) is 0. The van der Waals surface area contributed by atoms with E-state index in [0.29, 0.717) is 0 Å². The molecule has 1 heteroatoms. The van der Waals surface area contributed by atoms with E-state index >= 15 is 0 Å². The summed E-state index contributed by atoms with van der Waals surface area (Å²) >= 11 is 0. The summed E-state index contributed by atoms with van der Waals surface area (Å²) in [5, 5.41) is 15.4. The van der Waals surface area contributed by atoms with Gasteiger partial charge in [-0.15, -0.1) is 0 Å². The first-order chi connectivity index (χ1) is 27.6. The van der Waals surface area contributed by atoms with Gasteiger partial charge in [0, 0.05) is 27.4 Å². The van der Waals surface area contributed by atoms with Crippen molar-refractivity contribution < 1.29 is 0 Å². The normalized spacial score (nSPS) is 13.3. The molecule has 11 aromatic rings. The molecule has 12 rings (SSSR count). The Hall–Kier alpha value is -6.96. The summed E-state index contributed by atoms with van der Waals surface area (Å²) < 4.78 is 0. The smallest absolute Gasteiger partial charge is 0.0546 e.